The number of hydrogen-bond donors (Lipinski definition) is 1. The van der Waals surface area contributed by atoms with Gasteiger partial charge in [0.25, 0.3) is 14.1 Å². The molecule has 3 fully saturated rings. The number of benzene rings is 4. The topological polar surface area (TPSA) is 119 Å². The van der Waals surface area contributed by atoms with Gasteiger partial charge in [0.05, 0.1) is 23.9 Å². The van der Waals surface area contributed by atoms with Gasteiger partial charge in [-0.2, -0.15) is 0 Å². The van der Waals surface area contributed by atoms with Crippen molar-refractivity contribution in [2.45, 2.75) is 158 Å². The van der Waals surface area contributed by atoms with Crippen LogP contribution in [0.25, 0.3) is 0 Å². The van der Waals surface area contributed by atoms with Crippen LogP contribution in [0.3, 0.4) is 0 Å². The second-order valence-corrected chi connectivity index (χ2v) is 25.0. The van der Waals surface area contributed by atoms with Gasteiger partial charge in [0, 0.05) is 51.7 Å². The van der Waals surface area contributed by atoms with Gasteiger partial charge in [0.2, 0.25) is 5.79 Å². The Morgan fingerprint density at radius 1 is 0.791 bits per heavy atom. The van der Waals surface area contributed by atoms with Crippen molar-refractivity contribution in [3.8, 4) is 0 Å². The van der Waals surface area contributed by atoms with Crippen molar-refractivity contribution >= 4 is 30.4 Å². The Balaban J connectivity index is 0.967. The molecule has 4 aliphatic rings. The van der Waals surface area contributed by atoms with Crippen LogP contribution >= 0.6 is 0 Å². The summed E-state index contributed by atoms with van der Waals surface area (Å²) < 4.78 is 47.4. The van der Waals surface area contributed by atoms with E-state index in [0.29, 0.717) is 25.9 Å². The Morgan fingerprint density at radius 3 is 1.82 bits per heavy atom. The van der Waals surface area contributed by atoms with Gasteiger partial charge in [0.15, 0.2) is 17.1 Å². The molecule has 1 N–H and O–H groups in total. The molecule has 0 aromatic heterocycles. The SMILES string of the molecule is CO[C@]1(C)C=C(C(=O)CC[C@H](O)C[C@@]2(C)OC3(CCC[C@@H](c4ccccc4)O3)C3(CCC[C@@H](c4ccccc4)O3)OC2=O)O[C@H]([C@H](C)CO[Si](c2ccccc2)(c2ccccc2)C(C)(C)C)C1. The van der Waals surface area contributed by atoms with E-state index in [2.05, 4.69) is 76.2 Å². The molecule has 67 heavy (non-hydrogen) atoms. The molecular formula is C56H70O10Si. The first-order valence-electron chi connectivity index (χ1n) is 24.3. The molecule has 358 valence electrons. The average molecular weight is 931 g/mol. The van der Waals surface area contributed by atoms with E-state index in [4.69, 9.17) is 32.8 Å². The van der Waals surface area contributed by atoms with Crippen LogP contribution in [0, 0.1) is 5.92 Å². The number of aliphatic hydroxyl groups is 1. The first-order valence-corrected chi connectivity index (χ1v) is 26.2. The number of carbonyl (C=O) groups is 2. The number of allylic oxidation sites excluding steroid dienone is 1. The fourth-order valence-electron chi connectivity index (χ4n) is 10.9. The Kier molecular flexibility index (Phi) is 14.5. The van der Waals surface area contributed by atoms with E-state index in [1.807, 2.05) is 79.7 Å². The van der Waals surface area contributed by atoms with Crippen molar-refractivity contribution in [2.75, 3.05) is 13.7 Å². The number of fused-ring (bicyclic) bond motifs is 1. The molecule has 4 aromatic carbocycles. The summed E-state index contributed by atoms with van der Waals surface area (Å²) in [6, 6.07) is 41.1. The summed E-state index contributed by atoms with van der Waals surface area (Å²) in [5.74, 6) is -3.75. The zero-order valence-electron chi connectivity index (χ0n) is 40.4. The number of hydrogen-bond acceptors (Lipinski definition) is 10. The molecule has 4 heterocycles. The molecule has 0 saturated carbocycles. The van der Waals surface area contributed by atoms with E-state index in [-0.39, 0.29) is 60.1 Å². The van der Waals surface area contributed by atoms with Gasteiger partial charge in [0.1, 0.15) is 6.10 Å². The molecule has 0 radical (unpaired) electrons. The van der Waals surface area contributed by atoms with E-state index in [0.717, 1.165) is 36.8 Å². The van der Waals surface area contributed by atoms with E-state index in [1.54, 1.807) is 20.1 Å². The van der Waals surface area contributed by atoms with Gasteiger partial charge in [-0.25, -0.2) is 4.79 Å². The number of aliphatic hydroxyl groups excluding tert-OH is 1. The van der Waals surface area contributed by atoms with Gasteiger partial charge in [-0.15, -0.1) is 0 Å². The third-order valence-electron chi connectivity index (χ3n) is 14.6. The minimum atomic E-state index is -2.83. The van der Waals surface area contributed by atoms with Crippen LogP contribution in [0.15, 0.2) is 133 Å². The summed E-state index contributed by atoms with van der Waals surface area (Å²) in [7, 11) is -1.18. The quantitative estimate of drug-likeness (QED) is 0.0912. The summed E-state index contributed by atoms with van der Waals surface area (Å²) in [4.78, 5) is 28.5. The summed E-state index contributed by atoms with van der Waals surface area (Å²) in [6.45, 7) is 12.9. The Morgan fingerprint density at radius 2 is 1.30 bits per heavy atom. The monoisotopic (exact) mass is 930 g/mol. The minimum absolute atomic E-state index is 0.0267. The number of Topliss-reactive ketones (excluding diaryl/α,β-unsaturated/α-hetero) is 1. The number of ketones is 1. The lowest BCUT2D eigenvalue weighted by atomic mass is 9.83. The first-order chi connectivity index (χ1) is 32.0. The Hall–Kier alpha value is -4.46. The summed E-state index contributed by atoms with van der Waals surface area (Å²) in [6.07, 6.45) is 3.87. The molecule has 0 amide bonds. The number of esters is 1. The fraction of sp³-hybridized carbons (Fsp3) is 0.500. The number of carbonyl (C=O) groups excluding carboxylic acids is 2. The van der Waals surface area contributed by atoms with Crippen LogP contribution in [-0.2, 0) is 42.4 Å². The summed E-state index contributed by atoms with van der Waals surface area (Å²) >= 11 is 0. The van der Waals surface area contributed by atoms with Crippen LogP contribution in [-0.4, -0.2) is 73.9 Å². The summed E-state index contributed by atoms with van der Waals surface area (Å²) in [5, 5.41) is 13.9. The van der Waals surface area contributed by atoms with Gasteiger partial charge in [-0.1, -0.05) is 149 Å². The molecule has 10 nitrogen and oxygen atoms in total. The summed E-state index contributed by atoms with van der Waals surface area (Å²) in [5.41, 5.74) is -0.381. The van der Waals surface area contributed by atoms with Gasteiger partial charge < -0.3 is 38.0 Å². The number of rotatable bonds is 15. The molecule has 4 aromatic rings. The average Bonchev–Trinajstić information content (AvgIpc) is 3.33. The first kappa shape index (κ1) is 49.0. The number of methoxy groups -OCH3 is 1. The number of ether oxygens (including phenoxy) is 6. The maximum atomic E-state index is 14.4. The van der Waals surface area contributed by atoms with E-state index < -0.39 is 43.2 Å². The van der Waals surface area contributed by atoms with Gasteiger partial charge in [-0.05, 0) is 78.6 Å². The highest BCUT2D eigenvalue weighted by molar-refractivity contribution is 6.99. The maximum absolute atomic E-state index is 14.4. The molecule has 9 atom stereocenters. The standard InChI is InChI=1S/C56H70O10Si/c1-40(39-61-67(52(2,3)4,44-26-16-10-17-27-44)45-28-18-11-19-29-45)49-37-53(5,60-7)38-50(62-49)46(58)33-32-43(57)36-54(6)51(59)65-55(34-20-30-47(63-55)41-22-12-8-13-23-41)56(66-54)35-21-31-48(64-56)42-24-14-9-15-25-42/h8-19,22-29,38,40,43,47-49,57H,20-21,30-37,39H2,1-7H3/t40-,43+,47+,48+,49+,53+,54-,55?,56?/m1/s1. The predicted octanol–water partition coefficient (Wildman–Crippen LogP) is 9.99. The fourth-order valence-corrected chi connectivity index (χ4v) is 15.5. The van der Waals surface area contributed by atoms with E-state index in [9.17, 15) is 14.7 Å². The Labute approximate surface area is 398 Å². The third kappa shape index (κ3) is 10.0. The molecule has 2 unspecified atom stereocenters. The maximum Gasteiger partial charge on any atom is 0.341 e. The smallest absolute Gasteiger partial charge is 0.341 e. The van der Waals surface area contributed by atoms with Crippen LogP contribution in [0.2, 0.25) is 5.04 Å². The molecule has 11 heteroatoms. The van der Waals surface area contributed by atoms with Crippen molar-refractivity contribution in [2.24, 2.45) is 5.92 Å². The van der Waals surface area contributed by atoms with Crippen molar-refractivity contribution in [1.29, 1.82) is 0 Å². The van der Waals surface area contributed by atoms with Crippen molar-refractivity contribution in [3.05, 3.63) is 144 Å². The Bertz CT molecular complexity index is 2280. The normalized spacial score (nSPS) is 29.9. The van der Waals surface area contributed by atoms with Crippen molar-refractivity contribution in [3.63, 3.8) is 0 Å². The molecule has 0 bridgehead atoms. The molecule has 0 aliphatic carbocycles. The zero-order valence-corrected chi connectivity index (χ0v) is 41.4. The second kappa shape index (κ2) is 19.9. The van der Waals surface area contributed by atoms with E-state index in [1.165, 1.54) is 10.4 Å². The van der Waals surface area contributed by atoms with Crippen molar-refractivity contribution < 1.29 is 47.5 Å². The minimum Gasteiger partial charge on any atom is -0.486 e. The predicted molar refractivity (Wildman–Crippen MR) is 260 cm³/mol. The molecule has 4 aliphatic heterocycles. The highest BCUT2D eigenvalue weighted by Crippen LogP contribution is 2.56. The third-order valence-corrected chi connectivity index (χ3v) is 19.6. The zero-order chi connectivity index (χ0) is 47.5. The molecule has 8 rings (SSSR count). The molecule has 3 saturated heterocycles. The van der Waals surface area contributed by atoms with Crippen molar-refractivity contribution in [1.82, 2.24) is 0 Å². The van der Waals surface area contributed by atoms with Crippen LogP contribution < -0.4 is 10.4 Å². The van der Waals surface area contributed by atoms with Crippen LogP contribution in [0.5, 0.6) is 0 Å². The van der Waals surface area contributed by atoms with Gasteiger partial charge >= 0.3 is 5.97 Å². The lowest BCUT2D eigenvalue weighted by Crippen LogP contribution is -2.72. The van der Waals surface area contributed by atoms with E-state index >= 15 is 0 Å². The van der Waals surface area contributed by atoms with Gasteiger partial charge in [-0.3, -0.25) is 4.79 Å². The highest BCUT2D eigenvalue weighted by atomic mass is 28.4. The van der Waals surface area contributed by atoms with Crippen LogP contribution in [0.1, 0.15) is 129 Å². The van der Waals surface area contributed by atoms with Crippen LogP contribution in [0.4, 0.5) is 0 Å². The second-order valence-electron chi connectivity index (χ2n) is 20.7. The largest absolute Gasteiger partial charge is 0.486 e. The highest BCUT2D eigenvalue weighted by Gasteiger charge is 2.69. The molecular weight excluding hydrogens is 861 g/mol. The lowest BCUT2D eigenvalue weighted by molar-refractivity contribution is -0.473. The molecule has 2 spiro atoms. The lowest BCUT2D eigenvalue weighted by Gasteiger charge is -2.59.